The van der Waals surface area contributed by atoms with Crippen LogP contribution in [0.4, 0.5) is 0 Å². The van der Waals surface area contributed by atoms with Gasteiger partial charge in [0.2, 0.25) is 0 Å². The highest BCUT2D eigenvalue weighted by Crippen LogP contribution is 2.10. The Balaban J connectivity index is 0.00000169. The Morgan fingerprint density at radius 3 is 1.77 bits per heavy atom. The fourth-order valence-electron chi connectivity index (χ4n) is 3.20. The number of fused-ring (bicyclic) bond motifs is 1. The van der Waals surface area contributed by atoms with Crippen LogP contribution in [0.2, 0.25) is 0 Å². The van der Waals surface area contributed by atoms with E-state index < -0.39 is 0 Å². The number of hydrogen-bond donors (Lipinski definition) is 0. The van der Waals surface area contributed by atoms with Gasteiger partial charge in [0.05, 0.1) is 0 Å². The molecular formula is C22H28Br2N2. The molecule has 0 saturated carbocycles. The van der Waals surface area contributed by atoms with Crippen molar-refractivity contribution in [1.82, 2.24) is 0 Å². The molecule has 140 valence electrons. The van der Waals surface area contributed by atoms with Gasteiger partial charge in [0, 0.05) is 36.4 Å². The summed E-state index contributed by atoms with van der Waals surface area (Å²) < 4.78 is 4.60. The molecule has 0 aliphatic rings. The van der Waals surface area contributed by atoms with E-state index in [1.807, 2.05) is 0 Å². The Morgan fingerprint density at radius 2 is 1.08 bits per heavy atom. The Bertz CT molecular complexity index is 747. The molecule has 0 N–H and O–H groups in total. The standard InChI is InChI=1S/C22H28N2.2BrH/c1(3-8-15-23-16-10-5-11-17-23)2-4-9-18-24-19-14-21-12-6-7-13-22(21)20-24;;/h5-7,10-14,16-17,19-20H,1-4,8-9,15,18H2;2*1H/q+2;;/p-2. The lowest BCUT2D eigenvalue weighted by Gasteiger charge is -2.01. The van der Waals surface area contributed by atoms with Crippen molar-refractivity contribution >= 4 is 10.8 Å². The summed E-state index contributed by atoms with van der Waals surface area (Å²) in [6, 6.07) is 17.1. The minimum absolute atomic E-state index is 0. The molecular weight excluding hydrogens is 452 g/mol. The van der Waals surface area contributed by atoms with Gasteiger partial charge in [-0.1, -0.05) is 37.1 Å². The quantitative estimate of drug-likeness (QED) is 0.260. The largest absolute Gasteiger partial charge is 1.00 e. The van der Waals surface area contributed by atoms with Crippen LogP contribution in [0.25, 0.3) is 10.8 Å². The van der Waals surface area contributed by atoms with Gasteiger partial charge < -0.3 is 34.0 Å². The molecule has 0 bridgehead atoms. The molecule has 0 aliphatic carbocycles. The Hall–Kier alpha value is -1.26. The van der Waals surface area contributed by atoms with Gasteiger partial charge in [-0.3, -0.25) is 0 Å². The lowest BCUT2D eigenvalue weighted by atomic mass is 10.1. The van der Waals surface area contributed by atoms with Gasteiger partial charge in [0.25, 0.3) is 0 Å². The van der Waals surface area contributed by atoms with Crippen LogP contribution in [0.15, 0.2) is 73.3 Å². The van der Waals surface area contributed by atoms with Crippen molar-refractivity contribution in [2.45, 2.75) is 51.6 Å². The van der Waals surface area contributed by atoms with Crippen molar-refractivity contribution in [3.8, 4) is 0 Å². The average Bonchev–Trinajstić information content (AvgIpc) is 2.64. The van der Waals surface area contributed by atoms with Crippen molar-refractivity contribution in [2.24, 2.45) is 0 Å². The number of pyridine rings is 2. The highest BCUT2D eigenvalue weighted by Gasteiger charge is 2.03. The van der Waals surface area contributed by atoms with Gasteiger partial charge in [-0.05, 0) is 24.3 Å². The summed E-state index contributed by atoms with van der Waals surface area (Å²) in [5.41, 5.74) is 0. The molecule has 0 radical (unpaired) electrons. The van der Waals surface area contributed by atoms with Gasteiger partial charge in [0.15, 0.2) is 24.8 Å². The molecule has 0 unspecified atom stereocenters. The second kappa shape index (κ2) is 13.0. The highest BCUT2D eigenvalue weighted by molar-refractivity contribution is 5.80. The normalized spacial score (nSPS) is 10.2. The number of benzene rings is 1. The fourth-order valence-corrected chi connectivity index (χ4v) is 3.20. The van der Waals surface area contributed by atoms with Crippen LogP contribution in [-0.4, -0.2) is 0 Å². The van der Waals surface area contributed by atoms with Gasteiger partial charge in [0.1, 0.15) is 13.1 Å². The van der Waals surface area contributed by atoms with E-state index in [1.54, 1.807) is 0 Å². The van der Waals surface area contributed by atoms with E-state index in [9.17, 15) is 0 Å². The van der Waals surface area contributed by atoms with Crippen LogP contribution >= 0.6 is 0 Å². The Labute approximate surface area is 178 Å². The molecule has 0 atom stereocenters. The summed E-state index contributed by atoms with van der Waals surface area (Å²) in [4.78, 5) is 0. The maximum atomic E-state index is 2.33. The molecule has 26 heavy (non-hydrogen) atoms. The molecule has 0 amide bonds. The molecule has 0 spiro atoms. The van der Waals surface area contributed by atoms with Crippen LogP contribution < -0.4 is 43.1 Å². The van der Waals surface area contributed by atoms with Crippen LogP contribution in [0.5, 0.6) is 0 Å². The van der Waals surface area contributed by atoms with Crippen molar-refractivity contribution in [3.63, 3.8) is 0 Å². The van der Waals surface area contributed by atoms with E-state index in [0.717, 1.165) is 13.1 Å². The molecule has 4 heteroatoms. The number of rotatable bonds is 9. The first kappa shape index (κ1) is 22.8. The van der Waals surface area contributed by atoms with Crippen molar-refractivity contribution in [2.75, 3.05) is 0 Å². The predicted molar refractivity (Wildman–Crippen MR) is 98.5 cm³/mol. The minimum atomic E-state index is 0. The number of nitrogens with zero attached hydrogens (tertiary/aromatic N) is 2. The maximum absolute atomic E-state index is 2.33. The number of hydrogen-bond acceptors (Lipinski definition) is 0. The van der Waals surface area contributed by atoms with Gasteiger partial charge >= 0.3 is 0 Å². The first-order valence-corrected chi connectivity index (χ1v) is 9.24. The molecule has 2 heterocycles. The van der Waals surface area contributed by atoms with Crippen LogP contribution in [0, 0.1) is 0 Å². The molecule has 0 fully saturated rings. The van der Waals surface area contributed by atoms with Gasteiger partial charge in [-0.25, -0.2) is 9.13 Å². The molecule has 1 aromatic carbocycles. The zero-order chi connectivity index (χ0) is 16.5. The monoisotopic (exact) mass is 478 g/mol. The number of halogens is 2. The van der Waals surface area contributed by atoms with Crippen molar-refractivity contribution in [1.29, 1.82) is 0 Å². The van der Waals surface area contributed by atoms with E-state index in [-0.39, 0.29) is 34.0 Å². The molecule has 2 nitrogen and oxygen atoms in total. The average molecular weight is 480 g/mol. The zero-order valence-corrected chi connectivity index (χ0v) is 18.4. The third-order valence-electron chi connectivity index (χ3n) is 4.61. The summed E-state index contributed by atoms with van der Waals surface area (Å²) in [6.45, 7) is 2.28. The molecule has 3 rings (SSSR count). The smallest absolute Gasteiger partial charge is 0.176 e. The number of unbranched alkanes of at least 4 members (excludes halogenated alkanes) is 5. The van der Waals surface area contributed by atoms with E-state index in [0.29, 0.717) is 0 Å². The Morgan fingerprint density at radius 1 is 0.500 bits per heavy atom. The van der Waals surface area contributed by atoms with Gasteiger partial charge in [-0.2, -0.15) is 0 Å². The van der Waals surface area contributed by atoms with Crippen LogP contribution in [0.3, 0.4) is 0 Å². The number of aryl methyl sites for hydroxylation is 2. The minimum Gasteiger partial charge on any atom is -1.00 e. The van der Waals surface area contributed by atoms with E-state index in [1.165, 1.54) is 49.3 Å². The lowest BCUT2D eigenvalue weighted by molar-refractivity contribution is -0.697. The summed E-state index contributed by atoms with van der Waals surface area (Å²) in [5.74, 6) is 0. The van der Waals surface area contributed by atoms with Gasteiger partial charge in [-0.15, -0.1) is 0 Å². The molecule has 2 aromatic heterocycles. The SMILES string of the molecule is [Br-].[Br-].c1cc[n+](CCCCCCCC[n+]2ccc3ccccc3c2)cc1. The summed E-state index contributed by atoms with van der Waals surface area (Å²) in [5, 5.41) is 2.66. The van der Waals surface area contributed by atoms with Crippen LogP contribution in [0.1, 0.15) is 38.5 Å². The molecule has 0 saturated heterocycles. The summed E-state index contributed by atoms with van der Waals surface area (Å²) in [7, 11) is 0. The second-order valence-corrected chi connectivity index (χ2v) is 6.55. The maximum Gasteiger partial charge on any atom is 0.176 e. The van der Waals surface area contributed by atoms with E-state index in [2.05, 4.69) is 82.5 Å². The number of aromatic nitrogens is 2. The van der Waals surface area contributed by atoms with Crippen molar-refractivity contribution in [3.05, 3.63) is 73.3 Å². The first-order valence-electron chi connectivity index (χ1n) is 9.24. The summed E-state index contributed by atoms with van der Waals surface area (Å²) in [6.07, 6.45) is 16.7. The first-order chi connectivity index (χ1) is 11.9. The highest BCUT2D eigenvalue weighted by atomic mass is 79.9. The third kappa shape index (κ3) is 7.55. The topological polar surface area (TPSA) is 7.76 Å². The molecule has 0 aliphatic heterocycles. The van der Waals surface area contributed by atoms with E-state index >= 15 is 0 Å². The molecule has 3 aromatic rings. The zero-order valence-electron chi connectivity index (χ0n) is 15.2. The predicted octanol–water partition coefficient (Wildman–Crippen LogP) is -1.54. The van der Waals surface area contributed by atoms with E-state index in [4.69, 9.17) is 0 Å². The fraction of sp³-hybridized carbons (Fsp3) is 0.364. The third-order valence-corrected chi connectivity index (χ3v) is 4.61. The summed E-state index contributed by atoms with van der Waals surface area (Å²) >= 11 is 0. The second-order valence-electron chi connectivity index (χ2n) is 6.55. The lowest BCUT2D eigenvalue weighted by Crippen LogP contribution is -3.00. The van der Waals surface area contributed by atoms with Crippen LogP contribution in [-0.2, 0) is 13.1 Å². The van der Waals surface area contributed by atoms with Crippen molar-refractivity contribution < 1.29 is 43.1 Å². The Kier molecular flexibility index (Phi) is 11.4.